The minimum Gasteiger partial charge on any atom is -0.463 e. The van der Waals surface area contributed by atoms with Crippen LogP contribution < -0.4 is 0 Å². The van der Waals surface area contributed by atoms with Crippen molar-refractivity contribution in [3.05, 3.63) is 97.2 Å². The summed E-state index contributed by atoms with van der Waals surface area (Å²) in [7, 11) is 1.52. The molecule has 2 atom stereocenters. The number of quaternary nitrogens is 1. The van der Waals surface area contributed by atoms with Gasteiger partial charge in [0.25, 0.3) is 0 Å². The highest BCUT2D eigenvalue weighted by atomic mass is 31.2. The van der Waals surface area contributed by atoms with Gasteiger partial charge in [-0.2, -0.15) is 0 Å². The number of carbonyl (C=O) groups is 1. The van der Waals surface area contributed by atoms with E-state index in [9.17, 15) is 19.4 Å². The van der Waals surface area contributed by atoms with Crippen LogP contribution in [0.2, 0.25) is 0 Å². The normalized spacial score (nSPS) is 15.3. The molecule has 2 N–H and O–H groups in total. The van der Waals surface area contributed by atoms with Gasteiger partial charge in [-0.05, 0) is 70.6 Å². The fourth-order valence-corrected chi connectivity index (χ4v) is 4.42. The fourth-order valence-electron chi connectivity index (χ4n) is 3.67. The molecule has 0 aromatic carbocycles. The maximum absolute atomic E-state index is 11.9. The Labute approximate surface area is 285 Å². The van der Waals surface area contributed by atoms with Gasteiger partial charge in [0.1, 0.15) is 25.9 Å². The molecule has 0 saturated heterocycles. The molecule has 0 aliphatic rings. The smallest absolute Gasteiger partial charge is 0.463 e. The van der Waals surface area contributed by atoms with Crippen LogP contribution >= 0.6 is 7.82 Å². The first kappa shape index (κ1) is 44.4. The molecule has 0 heterocycles. The van der Waals surface area contributed by atoms with Crippen LogP contribution in [-0.2, 0) is 23.1 Å². The van der Waals surface area contributed by atoms with Crippen molar-refractivity contribution in [2.24, 2.45) is 0 Å². The van der Waals surface area contributed by atoms with Crippen molar-refractivity contribution in [2.45, 2.75) is 90.1 Å². The average Bonchev–Trinajstić information content (AvgIpc) is 3.01. The largest absolute Gasteiger partial charge is 0.472 e. The van der Waals surface area contributed by atoms with Crippen LogP contribution in [0.5, 0.6) is 0 Å². The lowest BCUT2D eigenvalue weighted by Crippen LogP contribution is -2.37. The standard InChI is InChI=1S/C38H62NO7P/c1-5-6-7-8-9-10-11-12-13-14-15-16-17-18-19-20-21-22-23-24-25-26-27-28-29-30-31-32-38(41)44-35-37(40)36-46-47(42,43)45-34-33-39(2,3)4/h6-7,9-10,12-13,15-16,18-19,21-22,24-25,27-28,37,40H,5,8,11,14,17,20,23,26,29-36H2,1-4H3/p+1/b7-6-,10-9-,13-12-,16-15-,19-18-,22-21-,25-24-,28-27-. The van der Waals surface area contributed by atoms with Crippen LogP contribution in [0.25, 0.3) is 0 Å². The Kier molecular flexibility index (Phi) is 29.0. The monoisotopic (exact) mass is 676 g/mol. The van der Waals surface area contributed by atoms with E-state index in [1.54, 1.807) is 0 Å². The van der Waals surface area contributed by atoms with Gasteiger partial charge in [-0.25, -0.2) is 4.57 Å². The van der Waals surface area contributed by atoms with E-state index in [1.165, 1.54) is 0 Å². The Balaban J connectivity index is 3.72. The molecule has 0 spiro atoms. The van der Waals surface area contributed by atoms with E-state index in [0.29, 0.717) is 17.4 Å². The molecule has 0 saturated carbocycles. The van der Waals surface area contributed by atoms with Crippen LogP contribution in [-0.4, -0.2) is 74.1 Å². The number of allylic oxidation sites excluding steroid dienone is 16. The number of likely N-dealkylation sites (N-methyl/N-ethyl adjacent to an activating group) is 1. The summed E-state index contributed by atoms with van der Waals surface area (Å²) in [4.78, 5) is 21.5. The lowest BCUT2D eigenvalue weighted by molar-refractivity contribution is -0.870. The Morgan fingerprint density at radius 1 is 0.660 bits per heavy atom. The molecule has 47 heavy (non-hydrogen) atoms. The number of unbranched alkanes of at least 4 members (excludes halogenated alkanes) is 2. The van der Waals surface area contributed by atoms with Gasteiger partial charge < -0.3 is 19.2 Å². The molecular weight excluding hydrogens is 613 g/mol. The van der Waals surface area contributed by atoms with E-state index in [2.05, 4.69) is 104 Å². The van der Waals surface area contributed by atoms with Gasteiger partial charge in [-0.15, -0.1) is 0 Å². The zero-order valence-corrected chi connectivity index (χ0v) is 30.4. The van der Waals surface area contributed by atoms with E-state index in [-0.39, 0.29) is 19.6 Å². The summed E-state index contributed by atoms with van der Waals surface area (Å²) in [6.07, 6.45) is 44.3. The summed E-state index contributed by atoms with van der Waals surface area (Å²) in [5.41, 5.74) is 0. The van der Waals surface area contributed by atoms with E-state index in [4.69, 9.17) is 13.8 Å². The molecule has 0 fully saturated rings. The number of phosphoric ester groups is 1. The van der Waals surface area contributed by atoms with Gasteiger partial charge in [0.15, 0.2) is 0 Å². The van der Waals surface area contributed by atoms with Crippen LogP contribution in [0.4, 0.5) is 0 Å². The SMILES string of the molecule is CC/C=C\C/C=C\C/C=C\C/C=C\C/C=C\C/C=C\C/C=C\C/C=C\CCCCC(=O)OCC(O)COP(=O)(O)OCC[N+](C)(C)C. The predicted molar refractivity (Wildman–Crippen MR) is 196 cm³/mol. The maximum Gasteiger partial charge on any atom is 0.472 e. The lowest BCUT2D eigenvalue weighted by atomic mass is 10.2. The topological polar surface area (TPSA) is 102 Å². The van der Waals surface area contributed by atoms with E-state index < -0.39 is 26.5 Å². The molecule has 8 nitrogen and oxygen atoms in total. The summed E-state index contributed by atoms with van der Waals surface area (Å²) in [5, 5.41) is 9.87. The van der Waals surface area contributed by atoms with E-state index >= 15 is 0 Å². The van der Waals surface area contributed by atoms with Crippen molar-refractivity contribution in [1.82, 2.24) is 0 Å². The minimum absolute atomic E-state index is 0.0410. The zero-order chi connectivity index (χ0) is 34.9. The molecule has 2 unspecified atom stereocenters. The number of rotatable bonds is 29. The molecule has 0 radical (unpaired) electrons. The van der Waals surface area contributed by atoms with Crippen LogP contribution in [0.3, 0.4) is 0 Å². The Morgan fingerprint density at radius 2 is 1.09 bits per heavy atom. The third-order valence-corrected chi connectivity index (χ3v) is 7.34. The van der Waals surface area contributed by atoms with Gasteiger partial charge in [-0.1, -0.05) is 104 Å². The van der Waals surface area contributed by atoms with Crippen molar-refractivity contribution in [2.75, 3.05) is 47.5 Å². The van der Waals surface area contributed by atoms with Gasteiger partial charge in [0, 0.05) is 6.42 Å². The molecule has 0 aliphatic heterocycles. The summed E-state index contributed by atoms with van der Waals surface area (Å²) in [6, 6.07) is 0. The molecule has 0 aliphatic carbocycles. The zero-order valence-electron chi connectivity index (χ0n) is 29.5. The molecule has 266 valence electrons. The van der Waals surface area contributed by atoms with Crippen molar-refractivity contribution in [1.29, 1.82) is 0 Å². The summed E-state index contributed by atoms with van der Waals surface area (Å²) < 4.78 is 27.1. The predicted octanol–water partition coefficient (Wildman–Crippen LogP) is 8.88. The number of nitrogens with zero attached hydrogens (tertiary/aromatic N) is 1. The quantitative estimate of drug-likeness (QED) is 0.0268. The highest BCUT2D eigenvalue weighted by Crippen LogP contribution is 2.43. The van der Waals surface area contributed by atoms with Crippen LogP contribution in [0.15, 0.2) is 97.2 Å². The summed E-state index contributed by atoms with van der Waals surface area (Å²) >= 11 is 0. The third kappa shape index (κ3) is 36.1. The first-order valence-corrected chi connectivity index (χ1v) is 18.5. The molecule has 9 heteroatoms. The highest BCUT2D eigenvalue weighted by Gasteiger charge is 2.24. The third-order valence-electron chi connectivity index (χ3n) is 6.36. The van der Waals surface area contributed by atoms with E-state index in [1.807, 2.05) is 21.1 Å². The number of ether oxygens (including phenoxy) is 1. The molecule has 0 rings (SSSR count). The first-order chi connectivity index (χ1) is 22.6. The maximum atomic E-state index is 11.9. The molecule has 0 aromatic heterocycles. The number of carbonyl (C=O) groups excluding carboxylic acids is 1. The van der Waals surface area contributed by atoms with Crippen LogP contribution in [0, 0.1) is 0 Å². The summed E-state index contributed by atoms with van der Waals surface area (Å²) in [5.74, 6) is -0.420. The number of phosphoric acid groups is 1. The van der Waals surface area contributed by atoms with E-state index in [0.717, 1.165) is 64.2 Å². The number of hydrogen-bond donors (Lipinski definition) is 2. The van der Waals surface area contributed by atoms with Crippen molar-refractivity contribution < 1.29 is 37.6 Å². The van der Waals surface area contributed by atoms with Crippen molar-refractivity contribution >= 4 is 13.8 Å². The molecule has 0 aromatic rings. The average molecular weight is 677 g/mol. The van der Waals surface area contributed by atoms with Crippen LogP contribution in [0.1, 0.15) is 84.0 Å². The van der Waals surface area contributed by atoms with Gasteiger partial charge in [0.2, 0.25) is 0 Å². The number of aliphatic hydroxyl groups excluding tert-OH is 1. The second-order valence-electron chi connectivity index (χ2n) is 12.0. The minimum atomic E-state index is -4.27. The Bertz CT molecular complexity index is 1060. The highest BCUT2D eigenvalue weighted by molar-refractivity contribution is 7.47. The first-order valence-electron chi connectivity index (χ1n) is 17.0. The number of hydrogen-bond acceptors (Lipinski definition) is 6. The van der Waals surface area contributed by atoms with Gasteiger partial charge in [-0.3, -0.25) is 13.8 Å². The Hall–Kier alpha value is -2.58. The van der Waals surface area contributed by atoms with Gasteiger partial charge >= 0.3 is 13.8 Å². The second-order valence-corrected chi connectivity index (χ2v) is 13.5. The van der Waals surface area contributed by atoms with Gasteiger partial charge in [0.05, 0.1) is 27.7 Å². The van der Waals surface area contributed by atoms with Crippen molar-refractivity contribution in [3.8, 4) is 0 Å². The second kappa shape index (κ2) is 30.7. The lowest BCUT2D eigenvalue weighted by Gasteiger charge is -2.24. The molecule has 0 amide bonds. The molecule has 0 bridgehead atoms. The number of esters is 1. The summed E-state index contributed by atoms with van der Waals surface area (Å²) in [6.45, 7) is 1.94. The fraction of sp³-hybridized carbons (Fsp3) is 0.553. The number of aliphatic hydroxyl groups is 1. The molecular formula is C38H63NO7P+. The van der Waals surface area contributed by atoms with Crippen molar-refractivity contribution in [3.63, 3.8) is 0 Å². The Morgan fingerprint density at radius 3 is 1.51 bits per heavy atom.